The fourth-order valence-electron chi connectivity index (χ4n) is 1.90. The molecule has 1 aromatic carbocycles. The van der Waals surface area contributed by atoms with E-state index >= 15 is 0 Å². The molecule has 0 atom stereocenters. The second-order valence-electron chi connectivity index (χ2n) is 4.40. The van der Waals surface area contributed by atoms with Crippen molar-refractivity contribution in [2.75, 3.05) is 12.9 Å². The summed E-state index contributed by atoms with van der Waals surface area (Å²) in [5.74, 6) is -0.0679. The minimum Gasteiger partial charge on any atom is -0.497 e. The molecule has 0 saturated carbocycles. The lowest BCUT2D eigenvalue weighted by atomic mass is 10.3. The zero-order valence-electron chi connectivity index (χ0n) is 11.1. The topological polar surface area (TPSA) is 64.3 Å². The van der Waals surface area contributed by atoms with Gasteiger partial charge in [0.15, 0.2) is 5.16 Å². The highest BCUT2D eigenvalue weighted by atomic mass is 32.2. The molecule has 0 aliphatic carbocycles. The third kappa shape index (κ3) is 2.84. The van der Waals surface area contributed by atoms with Crippen molar-refractivity contribution in [2.45, 2.75) is 25.0 Å². The summed E-state index contributed by atoms with van der Waals surface area (Å²) in [4.78, 5) is 15.2. The normalized spacial score (nSPS) is 11.2. The number of thioether (sulfide) groups is 1. The third-order valence-electron chi connectivity index (χ3n) is 2.71. The SMILES string of the molecule is COc1ccc2nc(SCC(=O)O)n(C(C)C)c2c1. The molecule has 0 radical (unpaired) electrons. The fraction of sp³-hybridized carbons (Fsp3) is 0.385. The molecule has 1 heterocycles. The van der Waals surface area contributed by atoms with E-state index in [4.69, 9.17) is 9.84 Å². The van der Waals surface area contributed by atoms with Crippen molar-refractivity contribution in [2.24, 2.45) is 0 Å². The van der Waals surface area contributed by atoms with E-state index in [0.717, 1.165) is 21.9 Å². The van der Waals surface area contributed by atoms with Crippen LogP contribution in [0.15, 0.2) is 23.4 Å². The maximum atomic E-state index is 10.7. The first-order chi connectivity index (χ1) is 9.02. The van der Waals surface area contributed by atoms with Gasteiger partial charge in [-0.2, -0.15) is 0 Å². The maximum Gasteiger partial charge on any atom is 0.313 e. The van der Waals surface area contributed by atoms with E-state index in [1.807, 2.05) is 36.6 Å². The Balaban J connectivity index is 2.51. The number of hydrogen-bond donors (Lipinski definition) is 1. The third-order valence-corrected chi connectivity index (χ3v) is 3.64. The Bertz CT molecular complexity index is 607. The lowest BCUT2D eigenvalue weighted by Gasteiger charge is -2.12. The average molecular weight is 280 g/mol. The molecule has 102 valence electrons. The van der Waals surface area contributed by atoms with Gasteiger partial charge in [0.2, 0.25) is 0 Å². The van der Waals surface area contributed by atoms with Gasteiger partial charge >= 0.3 is 5.97 Å². The standard InChI is InChI=1S/C13H16N2O3S/c1-8(2)15-11-6-9(18-3)4-5-10(11)14-13(15)19-7-12(16)17/h4-6,8H,7H2,1-3H3,(H,16,17). The van der Waals surface area contributed by atoms with E-state index in [2.05, 4.69) is 4.98 Å². The van der Waals surface area contributed by atoms with Crippen molar-refractivity contribution in [3.05, 3.63) is 18.2 Å². The van der Waals surface area contributed by atoms with Crippen LogP contribution in [0.4, 0.5) is 0 Å². The molecular formula is C13H16N2O3S. The largest absolute Gasteiger partial charge is 0.497 e. The Hall–Kier alpha value is -1.69. The predicted octanol–water partition coefficient (Wildman–Crippen LogP) is 2.80. The summed E-state index contributed by atoms with van der Waals surface area (Å²) in [6.07, 6.45) is 0. The highest BCUT2D eigenvalue weighted by Crippen LogP contribution is 2.29. The zero-order valence-corrected chi connectivity index (χ0v) is 11.9. The van der Waals surface area contributed by atoms with Crippen LogP contribution in [-0.2, 0) is 4.79 Å². The quantitative estimate of drug-likeness (QED) is 0.853. The van der Waals surface area contributed by atoms with Crippen LogP contribution in [0.2, 0.25) is 0 Å². The molecule has 2 rings (SSSR count). The molecule has 0 fully saturated rings. The number of rotatable bonds is 5. The van der Waals surface area contributed by atoms with Gasteiger partial charge in [-0.1, -0.05) is 11.8 Å². The monoisotopic (exact) mass is 280 g/mol. The van der Waals surface area contributed by atoms with E-state index in [9.17, 15) is 4.79 Å². The van der Waals surface area contributed by atoms with Gasteiger partial charge in [0.05, 0.1) is 23.9 Å². The lowest BCUT2D eigenvalue weighted by Crippen LogP contribution is -2.05. The van der Waals surface area contributed by atoms with E-state index in [1.54, 1.807) is 7.11 Å². The smallest absolute Gasteiger partial charge is 0.313 e. The van der Waals surface area contributed by atoms with Crippen molar-refractivity contribution in [1.29, 1.82) is 0 Å². The zero-order chi connectivity index (χ0) is 14.0. The van der Waals surface area contributed by atoms with Gasteiger partial charge < -0.3 is 14.4 Å². The number of carboxylic acids is 1. The van der Waals surface area contributed by atoms with Crippen molar-refractivity contribution in [1.82, 2.24) is 9.55 Å². The van der Waals surface area contributed by atoms with Crippen LogP contribution in [0.5, 0.6) is 5.75 Å². The van der Waals surface area contributed by atoms with Crippen LogP contribution in [-0.4, -0.2) is 33.5 Å². The Morgan fingerprint density at radius 3 is 2.84 bits per heavy atom. The summed E-state index contributed by atoms with van der Waals surface area (Å²) >= 11 is 1.23. The summed E-state index contributed by atoms with van der Waals surface area (Å²) in [5, 5.41) is 9.51. The fourth-order valence-corrected chi connectivity index (χ4v) is 2.77. The number of methoxy groups -OCH3 is 1. The summed E-state index contributed by atoms with van der Waals surface area (Å²) in [5.41, 5.74) is 1.81. The molecule has 1 aromatic heterocycles. The van der Waals surface area contributed by atoms with E-state index < -0.39 is 5.97 Å². The number of imidazole rings is 1. The van der Waals surface area contributed by atoms with Gasteiger partial charge in [0.1, 0.15) is 5.75 Å². The van der Waals surface area contributed by atoms with Crippen molar-refractivity contribution in [3.63, 3.8) is 0 Å². The van der Waals surface area contributed by atoms with Gasteiger partial charge in [-0.3, -0.25) is 4.79 Å². The molecule has 0 bridgehead atoms. The minimum absolute atomic E-state index is 0.00712. The van der Waals surface area contributed by atoms with Crippen LogP contribution in [0.3, 0.4) is 0 Å². The van der Waals surface area contributed by atoms with Gasteiger partial charge in [-0.25, -0.2) is 4.98 Å². The highest BCUT2D eigenvalue weighted by molar-refractivity contribution is 7.99. The molecule has 6 heteroatoms. The van der Waals surface area contributed by atoms with E-state index in [0.29, 0.717) is 0 Å². The Morgan fingerprint density at radius 1 is 1.53 bits per heavy atom. The number of aliphatic carboxylic acids is 1. The summed E-state index contributed by atoms with van der Waals surface area (Å²) in [7, 11) is 1.62. The van der Waals surface area contributed by atoms with Crippen LogP contribution in [0.1, 0.15) is 19.9 Å². The van der Waals surface area contributed by atoms with Crippen molar-refractivity contribution < 1.29 is 14.6 Å². The average Bonchev–Trinajstić information content (AvgIpc) is 2.73. The highest BCUT2D eigenvalue weighted by Gasteiger charge is 2.15. The van der Waals surface area contributed by atoms with Gasteiger partial charge in [-0.15, -0.1) is 0 Å². The van der Waals surface area contributed by atoms with Gasteiger partial charge in [-0.05, 0) is 26.0 Å². The molecule has 0 spiro atoms. The number of nitrogens with zero attached hydrogens (tertiary/aromatic N) is 2. The molecule has 0 unspecified atom stereocenters. The maximum absolute atomic E-state index is 10.7. The molecule has 1 N–H and O–H groups in total. The number of carboxylic acid groups (broad SMARTS) is 1. The molecule has 19 heavy (non-hydrogen) atoms. The van der Waals surface area contributed by atoms with E-state index in [1.165, 1.54) is 11.8 Å². The summed E-state index contributed by atoms with van der Waals surface area (Å²) in [6, 6.07) is 5.87. The minimum atomic E-state index is -0.843. The first-order valence-electron chi connectivity index (χ1n) is 5.93. The lowest BCUT2D eigenvalue weighted by molar-refractivity contribution is -0.133. The van der Waals surface area contributed by atoms with Crippen LogP contribution < -0.4 is 4.74 Å². The number of benzene rings is 1. The number of hydrogen-bond acceptors (Lipinski definition) is 4. The van der Waals surface area contributed by atoms with E-state index in [-0.39, 0.29) is 11.8 Å². The number of carbonyl (C=O) groups is 1. The Morgan fingerprint density at radius 2 is 2.26 bits per heavy atom. The number of fused-ring (bicyclic) bond motifs is 1. The van der Waals surface area contributed by atoms with Crippen LogP contribution in [0.25, 0.3) is 11.0 Å². The summed E-state index contributed by atoms with van der Waals surface area (Å²) < 4.78 is 7.26. The second-order valence-corrected chi connectivity index (χ2v) is 5.34. The molecular weight excluding hydrogens is 264 g/mol. The van der Waals surface area contributed by atoms with Gasteiger partial charge in [0, 0.05) is 12.1 Å². The van der Waals surface area contributed by atoms with Crippen molar-refractivity contribution >= 4 is 28.8 Å². The van der Waals surface area contributed by atoms with Crippen molar-refractivity contribution in [3.8, 4) is 5.75 Å². The number of ether oxygens (including phenoxy) is 1. The molecule has 0 aliphatic heterocycles. The van der Waals surface area contributed by atoms with Gasteiger partial charge in [0.25, 0.3) is 0 Å². The molecule has 0 aliphatic rings. The number of aromatic nitrogens is 2. The molecule has 5 nitrogen and oxygen atoms in total. The van der Waals surface area contributed by atoms with Crippen LogP contribution in [0, 0.1) is 0 Å². The first kappa shape index (κ1) is 13.7. The van der Waals surface area contributed by atoms with Crippen LogP contribution >= 0.6 is 11.8 Å². The first-order valence-corrected chi connectivity index (χ1v) is 6.92. The molecule has 0 amide bonds. The molecule has 2 aromatic rings. The second kappa shape index (κ2) is 5.52. The Kier molecular flexibility index (Phi) is 3.99. The summed E-state index contributed by atoms with van der Waals surface area (Å²) in [6.45, 7) is 4.09. The predicted molar refractivity (Wildman–Crippen MR) is 75.0 cm³/mol. The molecule has 0 saturated heterocycles. The Labute approximate surface area is 115 Å².